The summed E-state index contributed by atoms with van der Waals surface area (Å²) in [7, 11) is 1.81. The van der Waals surface area contributed by atoms with Crippen molar-refractivity contribution in [2.75, 3.05) is 25.5 Å². The van der Waals surface area contributed by atoms with E-state index in [1.54, 1.807) is 6.33 Å². The quantitative estimate of drug-likeness (QED) is 0.495. The van der Waals surface area contributed by atoms with Crippen molar-refractivity contribution in [3.8, 4) is 11.8 Å². The van der Waals surface area contributed by atoms with Gasteiger partial charge in [0, 0.05) is 31.3 Å². The van der Waals surface area contributed by atoms with Crippen LogP contribution in [0.25, 0.3) is 11.2 Å². The number of imidazole rings is 1. The van der Waals surface area contributed by atoms with Crippen molar-refractivity contribution in [2.24, 2.45) is 0 Å². The van der Waals surface area contributed by atoms with E-state index in [2.05, 4.69) is 32.1 Å². The number of likely N-dealkylation sites (tertiary alicyclic amines) is 1. The van der Waals surface area contributed by atoms with E-state index < -0.39 is 0 Å². The molecule has 2 aromatic carbocycles. The number of fused-ring (bicyclic) bond motifs is 1. The number of rotatable bonds is 4. The first-order valence-electron chi connectivity index (χ1n) is 11.1. The van der Waals surface area contributed by atoms with Gasteiger partial charge < -0.3 is 14.8 Å². The van der Waals surface area contributed by atoms with Gasteiger partial charge in [-0.05, 0) is 48.6 Å². The van der Waals surface area contributed by atoms with Crippen LogP contribution in [0.2, 0.25) is 0 Å². The van der Waals surface area contributed by atoms with Crippen molar-refractivity contribution < 1.29 is 4.79 Å². The Hall–Kier alpha value is -4.18. The van der Waals surface area contributed by atoms with Crippen LogP contribution in [-0.2, 0) is 6.54 Å². The molecule has 0 bridgehead atoms. The molecule has 0 unspecified atom stereocenters. The molecule has 0 atom stereocenters. The molecule has 33 heavy (non-hydrogen) atoms. The molecule has 1 N–H and O–H groups in total. The Bertz CT molecular complexity index is 1340. The summed E-state index contributed by atoms with van der Waals surface area (Å²) >= 11 is 0. The molecule has 164 valence electrons. The van der Waals surface area contributed by atoms with Crippen LogP contribution in [0.1, 0.15) is 40.2 Å². The number of carbonyl (C=O) groups is 1. The Labute approximate surface area is 192 Å². The minimum absolute atomic E-state index is 0.111. The molecule has 0 saturated carbocycles. The third-order valence-corrected chi connectivity index (χ3v) is 5.74. The van der Waals surface area contributed by atoms with E-state index in [4.69, 9.17) is 0 Å². The molecule has 4 aromatic rings. The Kier molecular flexibility index (Phi) is 5.73. The first-order chi connectivity index (χ1) is 16.2. The largest absolute Gasteiger partial charge is 0.371 e. The fourth-order valence-corrected chi connectivity index (χ4v) is 3.99. The number of hydrogen-bond donors (Lipinski definition) is 1. The number of nitrogens with one attached hydrogen (secondary N) is 1. The summed E-state index contributed by atoms with van der Waals surface area (Å²) < 4.78 is 1.98. The smallest absolute Gasteiger partial charge is 0.253 e. The van der Waals surface area contributed by atoms with E-state index in [1.807, 2.05) is 71.1 Å². The van der Waals surface area contributed by atoms with Gasteiger partial charge in [0.1, 0.15) is 0 Å². The zero-order valence-corrected chi connectivity index (χ0v) is 18.5. The van der Waals surface area contributed by atoms with Gasteiger partial charge in [-0.2, -0.15) is 0 Å². The van der Waals surface area contributed by atoms with Crippen molar-refractivity contribution >= 4 is 22.9 Å². The molecule has 3 heterocycles. The lowest BCUT2D eigenvalue weighted by Crippen LogP contribution is -2.27. The monoisotopic (exact) mass is 436 g/mol. The van der Waals surface area contributed by atoms with Gasteiger partial charge in [-0.1, -0.05) is 36.3 Å². The first-order valence-corrected chi connectivity index (χ1v) is 11.1. The van der Waals surface area contributed by atoms with Crippen LogP contribution in [0.4, 0.5) is 5.82 Å². The molecule has 2 aromatic heterocycles. The summed E-state index contributed by atoms with van der Waals surface area (Å²) in [6.45, 7) is 2.29. The summed E-state index contributed by atoms with van der Waals surface area (Å²) in [6.07, 6.45) is 3.94. The van der Waals surface area contributed by atoms with E-state index in [0.29, 0.717) is 29.4 Å². The normalized spacial score (nSPS) is 13.1. The predicted octanol–water partition coefficient (Wildman–Crippen LogP) is 3.55. The number of amides is 1. The highest BCUT2D eigenvalue weighted by molar-refractivity contribution is 5.94. The Morgan fingerprint density at radius 1 is 1.00 bits per heavy atom. The molecule has 1 aliphatic rings. The van der Waals surface area contributed by atoms with Gasteiger partial charge in [0.25, 0.3) is 5.91 Å². The molecule has 1 amide bonds. The van der Waals surface area contributed by atoms with Gasteiger partial charge in [-0.25, -0.2) is 15.0 Å². The van der Waals surface area contributed by atoms with E-state index >= 15 is 0 Å². The van der Waals surface area contributed by atoms with Crippen molar-refractivity contribution in [1.82, 2.24) is 24.4 Å². The van der Waals surface area contributed by atoms with Gasteiger partial charge in [0.05, 0.1) is 12.9 Å². The standard InChI is InChI=1S/C26H24N6O/c1-27-24-23-25(30-22(29-24)14-11-19-7-3-2-4-8-19)32(18-28-23)17-20-9-12-21(13-10-20)26(33)31-15-5-6-16-31/h2-4,7-10,12-13,18H,5-6,15-17H2,1H3,(H,27,29,30). The molecule has 7 nitrogen and oxygen atoms in total. The van der Waals surface area contributed by atoms with Crippen LogP contribution in [-0.4, -0.2) is 50.5 Å². The molecular weight excluding hydrogens is 412 g/mol. The summed E-state index contributed by atoms with van der Waals surface area (Å²) in [5, 5.41) is 3.10. The second-order valence-electron chi connectivity index (χ2n) is 8.00. The van der Waals surface area contributed by atoms with Crippen molar-refractivity contribution in [1.29, 1.82) is 0 Å². The van der Waals surface area contributed by atoms with Gasteiger partial charge in [-0.15, -0.1) is 0 Å². The van der Waals surface area contributed by atoms with E-state index in [0.717, 1.165) is 42.6 Å². The lowest BCUT2D eigenvalue weighted by Gasteiger charge is -2.15. The minimum atomic E-state index is 0.111. The molecule has 1 aliphatic heterocycles. The molecule has 1 fully saturated rings. The zero-order valence-electron chi connectivity index (χ0n) is 18.5. The summed E-state index contributed by atoms with van der Waals surface area (Å²) in [4.78, 5) is 28.2. The van der Waals surface area contributed by atoms with Crippen LogP contribution in [0.3, 0.4) is 0 Å². The number of anilines is 1. The molecule has 0 aliphatic carbocycles. The van der Waals surface area contributed by atoms with Gasteiger partial charge in [0.2, 0.25) is 5.82 Å². The summed E-state index contributed by atoms with van der Waals surface area (Å²) in [6, 6.07) is 17.6. The molecule has 5 rings (SSSR count). The van der Waals surface area contributed by atoms with E-state index in [9.17, 15) is 4.79 Å². The third kappa shape index (κ3) is 4.41. The second kappa shape index (κ2) is 9.13. The summed E-state index contributed by atoms with van der Waals surface area (Å²) in [5.74, 6) is 7.36. The SMILES string of the molecule is CNc1nc(C#Cc2ccccc2)nc2c1ncn2Cc1ccc(C(=O)N2CCCC2)cc1. The van der Waals surface area contributed by atoms with Gasteiger partial charge in [0.15, 0.2) is 17.0 Å². The number of nitrogens with zero attached hydrogens (tertiary/aromatic N) is 5. The van der Waals surface area contributed by atoms with Crippen LogP contribution >= 0.6 is 0 Å². The zero-order chi connectivity index (χ0) is 22.6. The Morgan fingerprint density at radius 3 is 2.48 bits per heavy atom. The van der Waals surface area contributed by atoms with Crippen molar-refractivity contribution in [3.63, 3.8) is 0 Å². The number of carbonyl (C=O) groups excluding carboxylic acids is 1. The van der Waals surface area contributed by atoms with E-state index in [1.165, 1.54) is 0 Å². The molecule has 7 heteroatoms. The highest BCUT2D eigenvalue weighted by Gasteiger charge is 2.19. The predicted molar refractivity (Wildman–Crippen MR) is 128 cm³/mol. The van der Waals surface area contributed by atoms with Crippen molar-refractivity contribution in [3.05, 3.63) is 83.4 Å². The average Bonchev–Trinajstić information content (AvgIpc) is 3.54. The first kappa shape index (κ1) is 20.7. The van der Waals surface area contributed by atoms with Gasteiger partial charge >= 0.3 is 0 Å². The maximum atomic E-state index is 12.6. The Morgan fingerprint density at radius 2 is 1.76 bits per heavy atom. The number of hydrogen-bond acceptors (Lipinski definition) is 5. The molecule has 0 radical (unpaired) electrons. The lowest BCUT2D eigenvalue weighted by atomic mass is 10.1. The fourth-order valence-electron chi connectivity index (χ4n) is 3.99. The third-order valence-electron chi connectivity index (χ3n) is 5.74. The maximum Gasteiger partial charge on any atom is 0.253 e. The second-order valence-corrected chi connectivity index (χ2v) is 8.00. The van der Waals surface area contributed by atoms with Crippen molar-refractivity contribution in [2.45, 2.75) is 19.4 Å². The molecule has 0 spiro atoms. The molecule has 1 saturated heterocycles. The summed E-state index contributed by atoms with van der Waals surface area (Å²) in [5.41, 5.74) is 4.11. The average molecular weight is 437 g/mol. The Balaban J connectivity index is 1.41. The molecular formula is C26H24N6O. The highest BCUT2D eigenvalue weighted by Crippen LogP contribution is 2.20. The fraction of sp³-hybridized carbons (Fsp3) is 0.231. The van der Waals surface area contributed by atoms with Crippen LogP contribution in [0.5, 0.6) is 0 Å². The van der Waals surface area contributed by atoms with Crippen LogP contribution in [0.15, 0.2) is 60.9 Å². The number of aromatic nitrogens is 4. The van der Waals surface area contributed by atoms with E-state index in [-0.39, 0.29) is 5.91 Å². The number of benzene rings is 2. The van der Waals surface area contributed by atoms with Crippen LogP contribution in [0, 0.1) is 11.8 Å². The lowest BCUT2D eigenvalue weighted by molar-refractivity contribution is 0.0793. The topological polar surface area (TPSA) is 75.9 Å². The highest BCUT2D eigenvalue weighted by atomic mass is 16.2. The minimum Gasteiger partial charge on any atom is -0.371 e. The van der Waals surface area contributed by atoms with Gasteiger partial charge in [-0.3, -0.25) is 4.79 Å². The maximum absolute atomic E-state index is 12.6. The van der Waals surface area contributed by atoms with Crippen LogP contribution < -0.4 is 5.32 Å².